The van der Waals surface area contributed by atoms with Crippen LogP contribution >= 0.6 is 0 Å². The van der Waals surface area contributed by atoms with E-state index in [1.165, 1.54) is 12.0 Å². The van der Waals surface area contributed by atoms with Crippen LogP contribution < -0.4 is 15.4 Å². The number of nitrogens with zero attached hydrogens (tertiary/aromatic N) is 2. The first-order chi connectivity index (χ1) is 28.6. The lowest BCUT2D eigenvalue weighted by Crippen LogP contribution is -2.60. The molecule has 0 saturated carbocycles. The van der Waals surface area contributed by atoms with Crippen molar-refractivity contribution in [1.82, 2.24) is 15.2 Å². The molecule has 0 saturated heterocycles. The number of ether oxygens (including phenoxy) is 3. The lowest BCUT2D eigenvalue weighted by atomic mass is 9.89. The molecule has 2 N–H and O–H groups in total. The third-order valence-electron chi connectivity index (χ3n) is 11.0. The van der Waals surface area contributed by atoms with E-state index in [0.717, 1.165) is 22.3 Å². The third kappa shape index (κ3) is 10.3. The lowest BCUT2D eigenvalue weighted by molar-refractivity contribution is -0.160. The number of carbonyl (C=O) groups is 4. The van der Waals surface area contributed by atoms with E-state index < -0.39 is 53.8 Å². The minimum absolute atomic E-state index is 0.0230. The fraction of sp³-hybridized carbons (Fsp3) is 0.312. The second-order valence-corrected chi connectivity index (χ2v) is 15.0. The van der Waals surface area contributed by atoms with Gasteiger partial charge in [-0.1, -0.05) is 123 Å². The van der Waals surface area contributed by atoms with E-state index in [1.54, 1.807) is 43.3 Å². The van der Waals surface area contributed by atoms with Crippen molar-refractivity contribution in [3.05, 3.63) is 161 Å². The molecule has 3 amide bonds. The number of hydrogen-bond acceptors (Lipinski definition) is 8. The maximum atomic E-state index is 15.8. The van der Waals surface area contributed by atoms with Gasteiger partial charge >= 0.3 is 12.1 Å². The zero-order chi connectivity index (χ0) is 41.9. The zero-order valence-electron chi connectivity index (χ0n) is 34.2. The third-order valence-corrected chi connectivity index (χ3v) is 11.0. The smallest absolute Gasteiger partial charge is 0.408 e. The largest absolute Gasteiger partial charge is 0.487 e. The van der Waals surface area contributed by atoms with Crippen molar-refractivity contribution in [2.75, 3.05) is 12.4 Å². The fourth-order valence-corrected chi connectivity index (χ4v) is 7.69. The van der Waals surface area contributed by atoms with Crippen molar-refractivity contribution in [2.45, 2.75) is 78.3 Å². The molecule has 0 fully saturated rings. The highest BCUT2D eigenvalue weighted by atomic mass is 16.5. The number of alkyl carbamates (subject to hydrolysis) is 1. The summed E-state index contributed by atoms with van der Waals surface area (Å²) in [5.74, 6) is -2.45. The molecule has 59 heavy (non-hydrogen) atoms. The highest BCUT2D eigenvalue weighted by Gasteiger charge is 2.48. The van der Waals surface area contributed by atoms with Gasteiger partial charge in [-0.3, -0.25) is 14.6 Å². The molecule has 0 spiro atoms. The maximum Gasteiger partial charge on any atom is 0.408 e. The van der Waals surface area contributed by atoms with E-state index in [2.05, 4.69) is 10.6 Å². The Morgan fingerprint density at radius 3 is 1.98 bits per heavy atom. The summed E-state index contributed by atoms with van der Waals surface area (Å²) in [5.41, 5.74) is 5.78. The van der Waals surface area contributed by atoms with Gasteiger partial charge in [0.15, 0.2) is 0 Å². The molecule has 5 aromatic rings. The molecule has 6 rings (SSSR count). The number of aromatic nitrogens is 1. The van der Waals surface area contributed by atoms with Crippen LogP contribution in [0.1, 0.15) is 65.5 Å². The molecule has 4 atom stereocenters. The topological polar surface area (TPSA) is 136 Å². The molecule has 0 radical (unpaired) electrons. The number of anilines is 1. The first-order valence-corrected chi connectivity index (χ1v) is 20.0. The predicted octanol–water partition coefficient (Wildman–Crippen LogP) is 8.08. The minimum atomic E-state index is -1.41. The van der Waals surface area contributed by atoms with Gasteiger partial charge in [0.2, 0.25) is 5.91 Å². The molecule has 1 unspecified atom stereocenters. The van der Waals surface area contributed by atoms with Gasteiger partial charge in [0, 0.05) is 17.0 Å². The highest BCUT2D eigenvalue weighted by molar-refractivity contribution is 6.01. The van der Waals surface area contributed by atoms with Crippen LogP contribution in [0, 0.1) is 25.7 Å². The van der Waals surface area contributed by atoms with Crippen molar-refractivity contribution in [2.24, 2.45) is 11.8 Å². The number of esters is 1. The number of nitrogens with one attached hydrogen (secondary N) is 2. The van der Waals surface area contributed by atoms with Gasteiger partial charge in [0.1, 0.15) is 37.1 Å². The van der Waals surface area contributed by atoms with E-state index in [1.807, 2.05) is 106 Å². The summed E-state index contributed by atoms with van der Waals surface area (Å²) in [7, 11) is 1.26. The summed E-state index contributed by atoms with van der Waals surface area (Å²) in [5, 5.41) is 5.94. The Morgan fingerprint density at radius 1 is 0.780 bits per heavy atom. The van der Waals surface area contributed by atoms with Gasteiger partial charge in [-0.05, 0) is 79.0 Å². The summed E-state index contributed by atoms with van der Waals surface area (Å²) in [4.78, 5) is 64.8. The summed E-state index contributed by atoms with van der Waals surface area (Å²) in [6.45, 7) is 7.57. The fourth-order valence-electron chi connectivity index (χ4n) is 7.69. The van der Waals surface area contributed by atoms with Crippen LogP contribution in [0.3, 0.4) is 0 Å². The van der Waals surface area contributed by atoms with Crippen LogP contribution in [0.4, 0.5) is 10.5 Å². The molecule has 11 heteroatoms. The Labute approximate surface area is 346 Å². The SMILES string of the molecule is CC[C@H](C)[C@H](C(=O)OC)N(C(=O)[C@H](NC(=O)OCc1ccccc1)C1Cc2ccccc2C1)C(C(=O)Nc1ccccc1OCc1ccccc1)c1ccc(C)nc1C. The molecule has 0 aliphatic heterocycles. The lowest BCUT2D eigenvalue weighted by Gasteiger charge is -2.41. The Morgan fingerprint density at radius 2 is 1.37 bits per heavy atom. The van der Waals surface area contributed by atoms with Crippen molar-refractivity contribution in [1.29, 1.82) is 0 Å². The van der Waals surface area contributed by atoms with E-state index in [-0.39, 0.29) is 13.2 Å². The van der Waals surface area contributed by atoms with Crippen LogP contribution in [-0.2, 0) is 49.9 Å². The van der Waals surface area contributed by atoms with Crippen LogP contribution in [0.15, 0.2) is 121 Å². The molecule has 1 aliphatic rings. The number of rotatable bonds is 16. The second-order valence-electron chi connectivity index (χ2n) is 15.0. The van der Waals surface area contributed by atoms with Crippen LogP contribution in [0.5, 0.6) is 5.75 Å². The van der Waals surface area contributed by atoms with Gasteiger partial charge in [-0.15, -0.1) is 0 Å². The average molecular weight is 797 g/mol. The number of amides is 3. The highest BCUT2D eigenvalue weighted by Crippen LogP contribution is 2.36. The second kappa shape index (κ2) is 19.8. The van der Waals surface area contributed by atoms with Gasteiger partial charge in [0.25, 0.3) is 5.91 Å². The molecule has 0 bridgehead atoms. The number of hydrogen-bond donors (Lipinski definition) is 2. The summed E-state index contributed by atoms with van der Waals surface area (Å²) >= 11 is 0. The van der Waals surface area contributed by atoms with Crippen molar-refractivity contribution in [3.8, 4) is 5.75 Å². The molecule has 11 nitrogen and oxygen atoms in total. The zero-order valence-corrected chi connectivity index (χ0v) is 34.2. The Hall–Kier alpha value is -6.49. The number of carbonyl (C=O) groups excluding carboxylic acids is 4. The Bertz CT molecular complexity index is 2210. The standard InChI is InChI=1S/C48H52N4O7/c1-6-31(2)43(47(55)57-5)52(46(54)42(38-27-36-21-13-14-22-37(36)28-38)51-48(56)59-30-35-19-11-8-12-20-35)44(39-26-25-32(3)49-33(39)4)45(53)50-40-23-15-16-24-41(40)58-29-34-17-9-7-10-18-34/h7-26,31,38,42-44H,6,27-30H2,1-5H3,(H,50,53)(H,51,56)/t31-,42+,43+,44?/m0/s1. The van der Waals surface area contributed by atoms with Crippen molar-refractivity contribution in [3.63, 3.8) is 0 Å². The molecule has 1 aliphatic carbocycles. The van der Waals surface area contributed by atoms with Crippen molar-refractivity contribution < 1.29 is 33.4 Å². The van der Waals surface area contributed by atoms with E-state index in [4.69, 9.17) is 19.2 Å². The van der Waals surface area contributed by atoms with Crippen LogP contribution in [-0.4, -0.2) is 53.0 Å². The maximum absolute atomic E-state index is 15.8. The predicted molar refractivity (Wildman–Crippen MR) is 225 cm³/mol. The first-order valence-electron chi connectivity index (χ1n) is 20.0. The molecule has 1 aromatic heterocycles. The van der Waals surface area contributed by atoms with E-state index in [9.17, 15) is 9.59 Å². The number of pyridine rings is 1. The number of aryl methyl sites for hydroxylation is 2. The van der Waals surface area contributed by atoms with E-state index >= 15 is 9.59 Å². The van der Waals surface area contributed by atoms with Gasteiger partial charge in [-0.25, -0.2) is 9.59 Å². The molecule has 1 heterocycles. The van der Waals surface area contributed by atoms with E-state index in [0.29, 0.717) is 47.7 Å². The molecule has 4 aromatic carbocycles. The quantitative estimate of drug-likeness (QED) is 0.0958. The normalized spacial score (nSPS) is 14.2. The number of benzene rings is 4. The van der Waals surface area contributed by atoms with Gasteiger partial charge < -0.3 is 29.7 Å². The minimum Gasteiger partial charge on any atom is -0.487 e. The molecule has 306 valence electrons. The van der Waals surface area contributed by atoms with Crippen LogP contribution in [0.2, 0.25) is 0 Å². The van der Waals surface area contributed by atoms with Crippen LogP contribution in [0.25, 0.3) is 0 Å². The van der Waals surface area contributed by atoms with Crippen molar-refractivity contribution >= 4 is 29.6 Å². The summed E-state index contributed by atoms with van der Waals surface area (Å²) in [6, 6.07) is 33.5. The Kier molecular flexibility index (Phi) is 14.1. The number of para-hydroxylation sites is 2. The monoisotopic (exact) mass is 796 g/mol. The summed E-state index contributed by atoms with van der Waals surface area (Å²) < 4.78 is 17.3. The number of fused-ring (bicyclic) bond motifs is 1. The summed E-state index contributed by atoms with van der Waals surface area (Å²) in [6.07, 6.45) is 0.602. The molecular weight excluding hydrogens is 745 g/mol. The van der Waals surface area contributed by atoms with Gasteiger partial charge in [0.05, 0.1) is 12.8 Å². The Balaban J connectivity index is 1.45. The average Bonchev–Trinajstić information content (AvgIpc) is 3.69. The first kappa shape index (κ1) is 42.1. The van der Waals surface area contributed by atoms with Gasteiger partial charge in [-0.2, -0.15) is 0 Å². The molecular formula is C48H52N4O7. The number of methoxy groups -OCH3 is 1.